The maximum Gasteiger partial charge on any atom is 0.328 e. The van der Waals surface area contributed by atoms with E-state index in [9.17, 15) is 9.18 Å². The number of imidazole rings is 1. The molecule has 4 heteroatoms. The van der Waals surface area contributed by atoms with Crippen LogP contribution in [0.3, 0.4) is 0 Å². The van der Waals surface area contributed by atoms with Crippen molar-refractivity contribution >= 4 is 11.0 Å². The Labute approximate surface area is 99.5 Å². The molecule has 0 spiro atoms. The molecule has 0 amide bonds. The summed E-state index contributed by atoms with van der Waals surface area (Å²) in [6.45, 7) is 5.87. The lowest BCUT2D eigenvalue weighted by atomic mass is 9.86. The first-order valence-electron chi connectivity index (χ1n) is 5.59. The van der Waals surface area contributed by atoms with Crippen LogP contribution < -0.4 is 5.69 Å². The molecule has 0 aliphatic heterocycles. The van der Waals surface area contributed by atoms with Crippen LogP contribution in [0.5, 0.6) is 0 Å². The highest BCUT2D eigenvalue weighted by molar-refractivity contribution is 5.78. The van der Waals surface area contributed by atoms with Gasteiger partial charge in [0, 0.05) is 14.1 Å². The molecule has 0 radical (unpaired) electrons. The average Bonchev–Trinajstić information content (AvgIpc) is 2.43. The molecule has 2 rings (SSSR count). The van der Waals surface area contributed by atoms with Crippen LogP contribution in [0.1, 0.15) is 26.3 Å². The maximum atomic E-state index is 14.4. The van der Waals surface area contributed by atoms with Crippen molar-refractivity contribution < 1.29 is 4.39 Å². The second kappa shape index (κ2) is 3.45. The molecule has 92 valence electrons. The predicted octanol–water partition coefficient (Wildman–Crippen LogP) is 2.31. The van der Waals surface area contributed by atoms with E-state index >= 15 is 0 Å². The molecule has 0 unspecified atom stereocenters. The highest BCUT2D eigenvalue weighted by Gasteiger charge is 2.22. The SMILES string of the molecule is Cn1c(=O)n(C)c2c(F)c(C(C)(C)C)ccc21. The summed E-state index contributed by atoms with van der Waals surface area (Å²) in [6.07, 6.45) is 0. The smallest absolute Gasteiger partial charge is 0.295 e. The van der Waals surface area contributed by atoms with Crippen LogP contribution in [-0.2, 0) is 19.5 Å². The third kappa shape index (κ3) is 1.59. The Morgan fingerprint density at radius 2 is 1.71 bits per heavy atom. The van der Waals surface area contributed by atoms with E-state index in [2.05, 4.69) is 0 Å². The summed E-state index contributed by atoms with van der Waals surface area (Å²) in [5, 5.41) is 0. The van der Waals surface area contributed by atoms with Gasteiger partial charge >= 0.3 is 5.69 Å². The first-order chi connectivity index (χ1) is 7.75. The Bertz CT molecular complexity index is 644. The Morgan fingerprint density at radius 1 is 1.12 bits per heavy atom. The monoisotopic (exact) mass is 236 g/mol. The number of hydrogen-bond acceptors (Lipinski definition) is 1. The van der Waals surface area contributed by atoms with Crippen molar-refractivity contribution in [1.29, 1.82) is 0 Å². The minimum atomic E-state index is -0.296. The quantitative estimate of drug-likeness (QED) is 0.689. The van der Waals surface area contributed by atoms with Gasteiger partial charge in [-0.2, -0.15) is 0 Å². The molecule has 0 bridgehead atoms. The van der Waals surface area contributed by atoms with Gasteiger partial charge in [-0.3, -0.25) is 9.13 Å². The lowest BCUT2D eigenvalue weighted by molar-refractivity contribution is 0.526. The second-order valence-corrected chi connectivity index (χ2v) is 5.45. The van der Waals surface area contributed by atoms with E-state index in [-0.39, 0.29) is 16.9 Å². The minimum absolute atomic E-state index is 0.204. The number of hydrogen-bond donors (Lipinski definition) is 0. The highest BCUT2D eigenvalue weighted by atomic mass is 19.1. The minimum Gasteiger partial charge on any atom is -0.295 e. The number of rotatable bonds is 0. The summed E-state index contributed by atoms with van der Waals surface area (Å²) in [6, 6.07) is 3.57. The first kappa shape index (κ1) is 11.9. The molecule has 3 nitrogen and oxygen atoms in total. The third-order valence-corrected chi connectivity index (χ3v) is 3.17. The van der Waals surface area contributed by atoms with E-state index in [0.717, 1.165) is 0 Å². The molecule has 0 aliphatic rings. The number of benzene rings is 1. The average molecular weight is 236 g/mol. The fraction of sp³-hybridized carbons (Fsp3) is 0.462. The topological polar surface area (TPSA) is 26.9 Å². The Balaban J connectivity index is 2.95. The van der Waals surface area contributed by atoms with Crippen molar-refractivity contribution in [2.24, 2.45) is 14.1 Å². The van der Waals surface area contributed by atoms with Gasteiger partial charge in [0.25, 0.3) is 0 Å². The van der Waals surface area contributed by atoms with Gasteiger partial charge in [0.1, 0.15) is 5.52 Å². The standard InChI is InChI=1S/C13H17FN2O/c1-13(2,3)8-6-7-9-11(10(8)14)16(5)12(17)15(9)4/h6-7H,1-5H3. The molecule has 1 heterocycles. The Kier molecular flexibility index (Phi) is 2.42. The summed E-state index contributed by atoms with van der Waals surface area (Å²) >= 11 is 0. The Hall–Kier alpha value is -1.58. The van der Waals surface area contributed by atoms with E-state index in [4.69, 9.17) is 0 Å². The van der Waals surface area contributed by atoms with Gasteiger partial charge in [0.15, 0.2) is 5.82 Å². The van der Waals surface area contributed by atoms with Crippen LogP contribution in [0.2, 0.25) is 0 Å². The molecule has 0 aliphatic carbocycles. The molecular weight excluding hydrogens is 219 g/mol. The van der Waals surface area contributed by atoms with Crippen LogP contribution in [0.25, 0.3) is 11.0 Å². The summed E-state index contributed by atoms with van der Waals surface area (Å²) < 4.78 is 17.3. The molecule has 0 saturated carbocycles. The van der Waals surface area contributed by atoms with E-state index in [1.165, 1.54) is 9.13 Å². The fourth-order valence-corrected chi connectivity index (χ4v) is 2.15. The van der Waals surface area contributed by atoms with Gasteiger partial charge in [-0.05, 0) is 17.0 Å². The molecule has 1 aromatic carbocycles. The normalized spacial score (nSPS) is 12.4. The van der Waals surface area contributed by atoms with E-state index in [1.54, 1.807) is 26.2 Å². The molecule has 0 N–H and O–H groups in total. The van der Waals surface area contributed by atoms with Gasteiger partial charge in [-0.1, -0.05) is 26.8 Å². The maximum absolute atomic E-state index is 14.4. The van der Waals surface area contributed by atoms with E-state index in [1.807, 2.05) is 20.8 Å². The summed E-state index contributed by atoms with van der Waals surface area (Å²) in [7, 11) is 3.25. The second-order valence-electron chi connectivity index (χ2n) is 5.45. The van der Waals surface area contributed by atoms with Crippen molar-refractivity contribution in [2.75, 3.05) is 0 Å². The van der Waals surface area contributed by atoms with Gasteiger partial charge < -0.3 is 0 Å². The lowest BCUT2D eigenvalue weighted by Crippen LogP contribution is -2.19. The molecule has 0 atom stereocenters. The zero-order valence-corrected chi connectivity index (χ0v) is 10.8. The fourth-order valence-electron chi connectivity index (χ4n) is 2.15. The van der Waals surface area contributed by atoms with Crippen molar-refractivity contribution in [1.82, 2.24) is 9.13 Å². The van der Waals surface area contributed by atoms with Crippen molar-refractivity contribution in [3.8, 4) is 0 Å². The van der Waals surface area contributed by atoms with E-state index < -0.39 is 0 Å². The van der Waals surface area contributed by atoms with Gasteiger partial charge in [0.2, 0.25) is 0 Å². The molecule has 2 aromatic rings. The summed E-state index contributed by atoms with van der Waals surface area (Å²) in [4.78, 5) is 11.8. The number of halogens is 1. The summed E-state index contributed by atoms with van der Waals surface area (Å²) in [5.74, 6) is -0.296. The Morgan fingerprint density at radius 3 is 2.24 bits per heavy atom. The van der Waals surface area contributed by atoms with Crippen molar-refractivity contribution in [3.05, 3.63) is 34.0 Å². The van der Waals surface area contributed by atoms with Crippen LogP contribution in [0, 0.1) is 5.82 Å². The highest BCUT2D eigenvalue weighted by Crippen LogP contribution is 2.29. The third-order valence-electron chi connectivity index (χ3n) is 3.17. The first-order valence-corrected chi connectivity index (χ1v) is 5.59. The van der Waals surface area contributed by atoms with Gasteiger partial charge in [0.05, 0.1) is 5.52 Å². The number of aromatic nitrogens is 2. The molecule has 1 aromatic heterocycles. The van der Waals surface area contributed by atoms with Crippen molar-refractivity contribution in [2.45, 2.75) is 26.2 Å². The van der Waals surface area contributed by atoms with Crippen LogP contribution in [0.4, 0.5) is 4.39 Å². The number of nitrogens with zero attached hydrogens (tertiary/aromatic N) is 2. The van der Waals surface area contributed by atoms with Crippen molar-refractivity contribution in [3.63, 3.8) is 0 Å². The largest absolute Gasteiger partial charge is 0.328 e. The predicted molar refractivity (Wildman–Crippen MR) is 66.8 cm³/mol. The molecule has 17 heavy (non-hydrogen) atoms. The van der Waals surface area contributed by atoms with E-state index in [0.29, 0.717) is 16.6 Å². The zero-order chi connectivity index (χ0) is 13.0. The van der Waals surface area contributed by atoms with Crippen LogP contribution in [-0.4, -0.2) is 9.13 Å². The van der Waals surface area contributed by atoms with Crippen LogP contribution >= 0.6 is 0 Å². The number of fused-ring (bicyclic) bond motifs is 1. The van der Waals surface area contributed by atoms with Gasteiger partial charge in [-0.25, -0.2) is 9.18 Å². The summed E-state index contributed by atoms with van der Waals surface area (Å²) in [5.41, 5.74) is 1.16. The van der Waals surface area contributed by atoms with Gasteiger partial charge in [-0.15, -0.1) is 0 Å². The lowest BCUT2D eigenvalue weighted by Gasteiger charge is -2.20. The number of aryl methyl sites for hydroxylation is 2. The van der Waals surface area contributed by atoms with Crippen LogP contribution in [0.15, 0.2) is 16.9 Å². The zero-order valence-electron chi connectivity index (χ0n) is 10.8. The molecular formula is C13H17FN2O. The molecule has 0 fully saturated rings. The molecule has 0 saturated heterocycles.